The Balaban J connectivity index is 2.56. The summed E-state index contributed by atoms with van der Waals surface area (Å²) in [5.74, 6) is -0.484. The first-order valence-corrected chi connectivity index (χ1v) is 5.42. The minimum Gasteiger partial charge on any atom is -0.385 e. The SMILES string of the molecule is Cc1nc(C)c(C(=O)NCC(O)C(F)F)s1. The van der Waals surface area contributed by atoms with Crippen molar-refractivity contribution < 1.29 is 18.7 Å². The molecule has 1 unspecified atom stereocenters. The van der Waals surface area contributed by atoms with Crippen LogP contribution in [0.1, 0.15) is 20.4 Å². The number of hydrogen-bond donors (Lipinski definition) is 2. The Morgan fingerprint density at radius 3 is 2.62 bits per heavy atom. The van der Waals surface area contributed by atoms with Gasteiger partial charge < -0.3 is 10.4 Å². The Bertz CT molecular complexity index is 382. The second-order valence-corrected chi connectivity index (χ2v) is 4.46. The number of aryl methyl sites for hydroxylation is 2. The average molecular weight is 250 g/mol. The van der Waals surface area contributed by atoms with Crippen molar-refractivity contribution in [1.82, 2.24) is 10.3 Å². The second-order valence-electron chi connectivity index (χ2n) is 3.26. The Labute approximate surface area is 95.3 Å². The molecule has 4 nitrogen and oxygen atoms in total. The smallest absolute Gasteiger partial charge is 0.265 e. The number of aliphatic hydroxyl groups excluding tert-OH is 1. The number of rotatable bonds is 4. The lowest BCUT2D eigenvalue weighted by atomic mass is 10.3. The number of aliphatic hydroxyl groups is 1. The molecule has 0 aromatic carbocycles. The summed E-state index contributed by atoms with van der Waals surface area (Å²) < 4.78 is 23.9. The first-order chi connectivity index (χ1) is 7.41. The van der Waals surface area contributed by atoms with Crippen LogP contribution in [-0.4, -0.2) is 35.1 Å². The van der Waals surface area contributed by atoms with Gasteiger partial charge in [0, 0.05) is 6.54 Å². The summed E-state index contributed by atoms with van der Waals surface area (Å²) in [6, 6.07) is 0. The van der Waals surface area contributed by atoms with Gasteiger partial charge in [-0.25, -0.2) is 13.8 Å². The van der Waals surface area contributed by atoms with Gasteiger partial charge in [0.1, 0.15) is 11.0 Å². The van der Waals surface area contributed by atoms with E-state index >= 15 is 0 Å². The maximum absolute atomic E-state index is 12.0. The summed E-state index contributed by atoms with van der Waals surface area (Å²) in [7, 11) is 0. The third kappa shape index (κ3) is 3.21. The van der Waals surface area contributed by atoms with Gasteiger partial charge in [-0.1, -0.05) is 0 Å². The van der Waals surface area contributed by atoms with Crippen LogP contribution < -0.4 is 5.32 Å². The van der Waals surface area contributed by atoms with E-state index in [0.717, 1.165) is 5.01 Å². The van der Waals surface area contributed by atoms with E-state index in [9.17, 15) is 13.6 Å². The third-order valence-corrected chi connectivity index (χ3v) is 2.94. The molecule has 0 radical (unpaired) electrons. The van der Waals surface area contributed by atoms with Gasteiger partial charge in [-0.3, -0.25) is 4.79 Å². The van der Waals surface area contributed by atoms with Crippen molar-refractivity contribution >= 4 is 17.2 Å². The predicted molar refractivity (Wildman–Crippen MR) is 55.9 cm³/mol. The molecule has 0 fully saturated rings. The minimum atomic E-state index is -2.86. The number of halogens is 2. The number of amides is 1. The first kappa shape index (κ1) is 13.0. The molecule has 1 atom stereocenters. The number of aromatic nitrogens is 1. The Kier molecular flexibility index (Phi) is 4.31. The van der Waals surface area contributed by atoms with Crippen LogP contribution in [0.25, 0.3) is 0 Å². The van der Waals surface area contributed by atoms with E-state index in [1.54, 1.807) is 13.8 Å². The molecule has 0 saturated heterocycles. The largest absolute Gasteiger partial charge is 0.385 e. The Hall–Kier alpha value is -1.08. The van der Waals surface area contributed by atoms with Gasteiger partial charge in [-0.05, 0) is 13.8 Å². The fourth-order valence-electron chi connectivity index (χ4n) is 1.11. The fourth-order valence-corrected chi connectivity index (χ4v) is 1.94. The molecule has 1 aromatic rings. The van der Waals surface area contributed by atoms with Crippen molar-refractivity contribution in [3.05, 3.63) is 15.6 Å². The summed E-state index contributed by atoms with van der Waals surface area (Å²) in [5.41, 5.74) is 0.562. The van der Waals surface area contributed by atoms with Crippen LogP contribution in [0.15, 0.2) is 0 Å². The molecular formula is C9H12F2N2O2S. The van der Waals surface area contributed by atoms with Crippen molar-refractivity contribution in [3.8, 4) is 0 Å². The fraction of sp³-hybridized carbons (Fsp3) is 0.556. The molecular weight excluding hydrogens is 238 g/mol. The van der Waals surface area contributed by atoms with E-state index < -0.39 is 25.0 Å². The van der Waals surface area contributed by atoms with Crippen LogP contribution >= 0.6 is 11.3 Å². The number of alkyl halides is 2. The summed E-state index contributed by atoms with van der Waals surface area (Å²) in [5, 5.41) is 11.8. The topological polar surface area (TPSA) is 62.2 Å². The van der Waals surface area contributed by atoms with E-state index in [1.165, 1.54) is 11.3 Å². The predicted octanol–water partition coefficient (Wildman–Crippen LogP) is 1.12. The van der Waals surface area contributed by atoms with E-state index in [0.29, 0.717) is 10.6 Å². The molecule has 1 rings (SSSR count). The maximum Gasteiger partial charge on any atom is 0.265 e. The van der Waals surface area contributed by atoms with Gasteiger partial charge in [-0.2, -0.15) is 0 Å². The van der Waals surface area contributed by atoms with Crippen LogP contribution in [0.4, 0.5) is 8.78 Å². The van der Waals surface area contributed by atoms with Crippen molar-refractivity contribution in [3.63, 3.8) is 0 Å². The van der Waals surface area contributed by atoms with Gasteiger partial charge in [0.15, 0.2) is 0 Å². The second kappa shape index (κ2) is 5.31. The third-order valence-electron chi connectivity index (χ3n) is 1.87. The lowest BCUT2D eigenvalue weighted by molar-refractivity contribution is -0.00268. The summed E-state index contributed by atoms with van der Waals surface area (Å²) in [4.78, 5) is 15.9. The summed E-state index contributed by atoms with van der Waals surface area (Å²) >= 11 is 1.19. The van der Waals surface area contributed by atoms with E-state index in [4.69, 9.17) is 5.11 Å². The molecule has 1 aromatic heterocycles. The Morgan fingerprint density at radius 1 is 1.56 bits per heavy atom. The van der Waals surface area contributed by atoms with Crippen LogP contribution in [-0.2, 0) is 0 Å². The van der Waals surface area contributed by atoms with Crippen LogP contribution in [0.3, 0.4) is 0 Å². The van der Waals surface area contributed by atoms with Crippen LogP contribution in [0, 0.1) is 13.8 Å². The van der Waals surface area contributed by atoms with Gasteiger partial charge in [0.2, 0.25) is 0 Å². The van der Waals surface area contributed by atoms with E-state index in [2.05, 4.69) is 10.3 Å². The normalized spacial score (nSPS) is 12.9. The van der Waals surface area contributed by atoms with Crippen molar-refractivity contribution in [2.45, 2.75) is 26.4 Å². The Morgan fingerprint density at radius 2 is 2.19 bits per heavy atom. The molecule has 0 saturated carbocycles. The van der Waals surface area contributed by atoms with Gasteiger partial charge >= 0.3 is 0 Å². The van der Waals surface area contributed by atoms with E-state index in [1.807, 2.05) is 0 Å². The molecule has 2 N–H and O–H groups in total. The highest BCUT2D eigenvalue weighted by Crippen LogP contribution is 2.16. The van der Waals surface area contributed by atoms with Crippen molar-refractivity contribution in [2.24, 2.45) is 0 Å². The number of nitrogens with zero attached hydrogens (tertiary/aromatic N) is 1. The van der Waals surface area contributed by atoms with Gasteiger partial charge in [0.25, 0.3) is 12.3 Å². The highest BCUT2D eigenvalue weighted by Gasteiger charge is 2.19. The number of thiazole rings is 1. The summed E-state index contributed by atoms with van der Waals surface area (Å²) in [6.45, 7) is 2.96. The monoisotopic (exact) mass is 250 g/mol. The molecule has 1 amide bonds. The van der Waals surface area contributed by atoms with Crippen LogP contribution in [0.5, 0.6) is 0 Å². The van der Waals surface area contributed by atoms with Crippen LogP contribution in [0.2, 0.25) is 0 Å². The number of hydrogen-bond acceptors (Lipinski definition) is 4. The zero-order valence-corrected chi connectivity index (χ0v) is 9.65. The zero-order valence-electron chi connectivity index (χ0n) is 8.83. The highest BCUT2D eigenvalue weighted by molar-refractivity contribution is 7.13. The minimum absolute atomic E-state index is 0.388. The standard InChI is InChI=1S/C9H12F2N2O2S/c1-4-7(16-5(2)13-4)9(15)12-3-6(14)8(10)11/h6,8,14H,3H2,1-2H3,(H,12,15). The first-order valence-electron chi connectivity index (χ1n) is 4.60. The van der Waals surface area contributed by atoms with Gasteiger partial charge in [-0.15, -0.1) is 11.3 Å². The molecule has 90 valence electrons. The lowest BCUT2D eigenvalue weighted by Crippen LogP contribution is -2.35. The van der Waals surface area contributed by atoms with Gasteiger partial charge in [0.05, 0.1) is 10.7 Å². The number of carbonyl (C=O) groups excluding carboxylic acids is 1. The quantitative estimate of drug-likeness (QED) is 0.841. The average Bonchev–Trinajstić information content (AvgIpc) is 2.53. The molecule has 0 aliphatic carbocycles. The molecule has 16 heavy (non-hydrogen) atoms. The van der Waals surface area contributed by atoms with Crippen molar-refractivity contribution in [1.29, 1.82) is 0 Å². The molecule has 0 aliphatic rings. The highest BCUT2D eigenvalue weighted by atomic mass is 32.1. The zero-order chi connectivity index (χ0) is 12.3. The summed E-state index contributed by atoms with van der Waals surface area (Å²) in [6.07, 6.45) is -4.69. The van der Waals surface area contributed by atoms with E-state index in [-0.39, 0.29) is 0 Å². The molecule has 1 heterocycles. The molecule has 7 heteroatoms. The molecule has 0 spiro atoms. The number of carbonyl (C=O) groups is 1. The molecule has 0 aliphatic heterocycles. The molecule has 0 bridgehead atoms. The lowest BCUT2D eigenvalue weighted by Gasteiger charge is -2.09. The number of nitrogens with one attached hydrogen (secondary N) is 1. The maximum atomic E-state index is 12.0. The van der Waals surface area contributed by atoms with Crippen molar-refractivity contribution in [2.75, 3.05) is 6.54 Å².